The molecule has 4 heteroatoms. The Bertz CT molecular complexity index is 535. The lowest BCUT2D eigenvalue weighted by Crippen LogP contribution is -2.44. The number of benzene rings is 1. The first-order valence-electron chi connectivity index (χ1n) is 7.39. The third kappa shape index (κ3) is 3.20. The highest BCUT2D eigenvalue weighted by atomic mass is 16.5. The molecule has 0 radical (unpaired) electrons. The summed E-state index contributed by atoms with van der Waals surface area (Å²) in [7, 11) is 0. The van der Waals surface area contributed by atoms with Crippen LogP contribution in [0, 0.1) is 5.41 Å². The standard InChI is InChI=1S/C17H20O4/c1-2-21-16(20)17(11-7-6-10-15(17)19)12-14(18)13-8-4-3-5-9-13/h3-5,8-9H,2,6-7,10-12H2,1H3. The maximum Gasteiger partial charge on any atom is 0.320 e. The molecular weight excluding hydrogens is 268 g/mol. The number of esters is 1. The Hall–Kier alpha value is -1.97. The molecule has 0 bridgehead atoms. The van der Waals surface area contributed by atoms with E-state index in [0.717, 1.165) is 12.8 Å². The molecular formula is C17H20O4. The van der Waals surface area contributed by atoms with Crippen molar-refractivity contribution in [1.29, 1.82) is 0 Å². The van der Waals surface area contributed by atoms with Gasteiger partial charge in [-0.05, 0) is 19.8 Å². The number of ketones is 2. The van der Waals surface area contributed by atoms with Crippen LogP contribution >= 0.6 is 0 Å². The molecule has 1 atom stereocenters. The number of Topliss-reactive ketones (excluding diaryl/α,β-unsaturated/α-hetero) is 2. The van der Waals surface area contributed by atoms with E-state index >= 15 is 0 Å². The second-order valence-electron chi connectivity index (χ2n) is 5.40. The van der Waals surface area contributed by atoms with Gasteiger partial charge >= 0.3 is 5.97 Å². The van der Waals surface area contributed by atoms with Crippen molar-refractivity contribution in [2.24, 2.45) is 5.41 Å². The lowest BCUT2D eigenvalue weighted by molar-refractivity contribution is -0.162. The maximum absolute atomic E-state index is 12.4. The molecule has 2 rings (SSSR count). The molecule has 0 heterocycles. The van der Waals surface area contributed by atoms with E-state index in [4.69, 9.17) is 4.74 Å². The SMILES string of the molecule is CCOC(=O)C1(CC(=O)c2ccccc2)CCCCC1=O. The molecule has 1 fully saturated rings. The Balaban J connectivity index is 2.26. The topological polar surface area (TPSA) is 60.4 Å². The summed E-state index contributed by atoms with van der Waals surface area (Å²) in [6.07, 6.45) is 2.21. The molecule has 0 saturated heterocycles. The summed E-state index contributed by atoms with van der Waals surface area (Å²) in [5, 5.41) is 0. The van der Waals surface area contributed by atoms with Gasteiger partial charge in [-0.1, -0.05) is 36.8 Å². The predicted octanol–water partition coefficient (Wildman–Crippen LogP) is 2.95. The smallest absolute Gasteiger partial charge is 0.320 e. The Morgan fingerprint density at radius 3 is 2.52 bits per heavy atom. The molecule has 0 aromatic heterocycles. The minimum Gasteiger partial charge on any atom is -0.465 e. The molecule has 1 aliphatic rings. The largest absolute Gasteiger partial charge is 0.465 e. The van der Waals surface area contributed by atoms with E-state index in [9.17, 15) is 14.4 Å². The van der Waals surface area contributed by atoms with E-state index < -0.39 is 11.4 Å². The van der Waals surface area contributed by atoms with Crippen molar-refractivity contribution in [1.82, 2.24) is 0 Å². The van der Waals surface area contributed by atoms with Crippen LogP contribution < -0.4 is 0 Å². The van der Waals surface area contributed by atoms with E-state index in [2.05, 4.69) is 0 Å². The van der Waals surface area contributed by atoms with E-state index in [1.54, 1.807) is 31.2 Å². The minimum atomic E-state index is -1.28. The normalized spacial score (nSPS) is 21.9. The van der Waals surface area contributed by atoms with Crippen molar-refractivity contribution in [3.8, 4) is 0 Å². The summed E-state index contributed by atoms with van der Waals surface area (Å²) in [6, 6.07) is 8.77. The maximum atomic E-state index is 12.4. The van der Waals surface area contributed by atoms with Crippen LogP contribution in [0.15, 0.2) is 30.3 Å². The van der Waals surface area contributed by atoms with Crippen LogP contribution in [0.1, 0.15) is 49.4 Å². The first-order chi connectivity index (χ1) is 10.1. The van der Waals surface area contributed by atoms with Gasteiger partial charge in [-0.2, -0.15) is 0 Å². The molecule has 21 heavy (non-hydrogen) atoms. The van der Waals surface area contributed by atoms with E-state index in [1.807, 2.05) is 6.07 Å². The quantitative estimate of drug-likeness (QED) is 0.475. The van der Waals surface area contributed by atoms with E-state index in [0.29, 0.717) is 18.4 Å². The third-order valence-electron chi connectivity index (χ3n) is 4.02. The first kappa shape index (κ1) is 15.4. The van der Waals surface area contributed by atoms with E-state index in [-0.39, 0.29) is 24.6 Å². The molecule has 0 spiro atoms. The third-order valence-corrected chi connectivity index (χ3v) is 4.02. The van der Waals surface area contributed by atoms with Crippen LogP contribution in [0.2, 0.25) is 0 Å². The Morgan fingerprint density at radius 1 is 1.19 bits per heavy atom. The molecule has 1 aromatic rings. The summed E-state index contributed by atoms with van der Waals surface area (Å²) in [5.41, 5.74) is -0.749. The Kier molecular flexibility index (Phi) is 4.89. The van der Waals surface area contributed by atoms with Crippen molar-refractivity contribution < 1.29 is 19.1 Å². The van der Waals surface area contributed by atoms with Crippen molar-refractivity contribution in [2.45, 2.75) is 39.0 Å². The lowest BCUT2D eigenvalue weighted by atomic mass is 9.69. The summed E-state index contributed by atoms with van der Waals surface area (Å²) < 4.78 is 5.08. The molecule has 1 aromatic carbocycles. The van der Waals surface area contributed by atoms with Crippen molar-refractivity contribution in [2.75, 3.05) is 6.61 Å². The zero-order valence-corrected chi connectivity index (χ0v) is 12.3. The summed E-state index contributed by atoms with van der Waals surface area (Å²) in [5.74, 6) is -0.880. The number of rotatable bonds is 5. The molecule has 1 saturated carbocycles. The monoisotopic (exact) mass is 288 g/mol. The number of hydrogen-bond acceptors (Lipinski definition) is 4. The lowest BCUT2D eigenvalue weighted by Gasteiger charge is -2.32. The molecule has 112 valence electrons. The second kappa shape index (κ2) is 6.66. The highest BCUT2D eigenvalue weighted by Gasteiger charge is 2.49. The number of carbonyl (C=O) groups excluding carboxylic acids is 3. The van der Waals surface area contributed by atoms with Gasteiger partial charge in [-0.25, -0.2) is 0 Å². The van der Waals surface area contributed by atoms with Gasteiger partial charge in [0.1, 0.15) is 5.41 Å². The van der Waals surface area contributed by atoms with Gasteiger partial charge in [0.25, 0.3) is 0 Å². The minimum absolute atomic E-state index is 0.0886. The van der Waals surface area contributed by atoms with Crippen LogP contribution in [0.4, 0.5) is 0 Å². The fraction of sp³-hybridized carbons (Fsp3) is 0.471. The van der Waals surface area contributed by atoms with Gasteiger partial charge in [-0.3, -0.25) is 14.4 Å². The zero-order valence-electron chi connectivity index (χ0n) is 12.3. The van der Waals surface area contributed by atoms with Gasteiger partial charge in [0.15, 0.2) is 11.6 Å². The van der Waals surface area contributed by atoms with Crippen molar-refractivity contribution in [3.63, 3.8) is 0 Å². The zero-order chi connectivity index (χ0) is 15.3. The van der Waals surface area contributed by atoms with Crippen LogP contribution in [0.5, 0.6) is 0 Å². The van der Waals surface area contributed by atoms with Gasteiger partial charge < -0.3 is 4.74 Å². The summed E-state index contributed by atoms with van der Waals surface area (Å²) >= 11 is 0. The van der Waals surface area contributed by atoms with Crippen LogP contribution in [-0.4, -0.2) is 24.1 Å². The second-order valence-corrected chi connectivity index (χ2v) is 5.40. The van der Waals surface area contributed by atoms with Gasteiger partial charge in [0.2, 0.25) is 0 Å². The van der Waals surface area contributed by atoms with Crippen LogP contribution in [-0.2, 0) is 14.3 Å². The number of carbonyl (C=O) groups is 3. The van der Waals surface area contributed by atoms with Gasteiger partial charge in [-0.15, -0.1) is 0 Å². The molecule has 1 unspecified atom stereocenters. The molecule has 0 N–H and O–H groups in total. The fourth-order valence-corrected chi connectivity index (χ4v) is 2.84. The van der Waals surface area contributed by atoms with Crippen molar-refractivity contribution in [3.05, 3.63) is 35.9 Å². The molecule has 4 nitrogen and oxygen atoms in total. The number of hydrogen-bond donors (Lipinski definition) is 0. The average molecular weight is 288 g/mol. The fourth-order valence-electron chi connectivity index (χ4n) is 2.84. The predicted molar refractivity (Wildman–Crippen MR) is 77.9 cm³/mol. The van der Waals surface area contributed by atoms with E-state index in [1.165, 1.54) is 0 Å². The Morgan fingerprint density at radius 2 is 1.90 bits per heavy atom. The first-order valence-corrected chi connectivity index (χ1v) is 7.39. The molecule has 1 aliphatic carbocycles. The Labute approximate surface area is 124 Å². The van der Waals surface area contributed by atoms with Gasteiger partial charge in [0, 0.05) is 18.4 Å². The molecule has 0 amide bonds. The van der Waals surface area contributed by atoms with Gasteiger partial charge in [0.05, 0.1) is 6.61 Å². The average Bonchev–Trinajstić information content (AvgIpc) is 2.50. The van der Waals surface area contributed by atoms with Crippen molar-refractivity contribution >= 4 is 17.5 Å². The van der Waals surface area contributed by atoms with Crippen LogP contribution in [0.3, 0.4) is 0 Å². The van der Waals surface area contributed by atoms with Crippen LogP contribution in [0.25, 0.3) is 0 Å². The number of ether oxygens (including phenoxy) is 1. The summed E-state index contributed by atoms with van der Waals surface area (Å²) in [6.45, 7) is 1.92. The molecule has 0 aliphatic heterocycles. The highest BCUT2D eigenvalue weighted by Crippen LogP contribution is 2.38. The highest BCUT2D eigenvalue weighted by molar-refractivity contribution is 6.10. The summed E-state index contributed by atoms with van der Waals surface area (Å²) in [4.78, 5) is 37.1.